The zero-order valence-electron chi connectivity index (χ0n) is 7.51. The fourth-order valence-electron chi connectivity index (χ4n) is 0.355. The van der Waals surface area contributed by atoms with Crippen molar-refractivity contribution in [2.75, 3.05) is 0 Å². The molecule has 0 amide bonds. The van der Waals surface area contributed by atoms with Crippen molar-refractivity contribution in [3.63, 3.8) is 0 Å². The molecule has 1 heterocycles. The van der Waals surface area contributed by atoms with Crippen molar-refractivity contribution < 1.29 is 22.5 Å². The smallest absolute Gasteiger partial charge is 0.0792 e. The summed E-state index contributed by atoms with van der Waals surface area (Å²) in [5, 5.41) is 0. The second kappa shape index (κ2) is 10.6. The van der Waals surface area contributed by atoms with Gasteiger partial charge in [-0.3, -0.25) is 0 Å². The molecule has 1 aliphatic rings. The van der Waals surface area contributed by atoms with E-state index in [1.807, 2.05) is 0 Å². The van der Waals surface area contributed by atoms with Crippen LogP contribution in [0.5, 0.6) is 0 Å². The first-order valence-corrected chi connectivity index (χ1v) is 4.34. The van der Waals surface area contributed by atoms with Gasteiger partial charge in [0.25, 0.3) is 6.29 Å². The van der Waals surface area contributed by atoms with Gasteiger partial charge in [0.05, 0.1) is 0 Å². The average Bonchev–Trinajstić information content (AvgIpc) is 1.59. The van der Waals surface area contributed by atoms with Gasteiger partial charge in [-0.25, -0.2) is 0 Å². The molecule has 0 aromatic heterocycles. The third kappa shape index (κ3) is 8.39. The summed E-state index contributed by atoms with van der Waals surface area (Å²) < 4.78 is 33.7. The topological polar surface area (TPSA) is 61.8 Å². The Balaban J connectivity index is -0.000000270. The van der Waals surface area contributed by atoms with Gasteiger partial charge in [0.15, 0.2) is 4.31 Å². The van der Waals surface area contributed by atoms with Crippen LogP contribution < -0.4 is 0 Å². The van der Waals surface area contributed by atoms with Crippen molar-refractivity contribution in [1.82, 2.24) is 0 Å². The summed E-state index contributed by atoms with van der Waals surface area (Å²) in [5.74, 6) is 0. The molecule has 1 fully saturated rings. The van der Waals surface area contributed by atoms with Crippen LogP contribution >= 0.6 is 16.5 Å². The van der Waals surface area contributed by atoms with Gasteiger partial charge >= 0.3 is 16.5 Å². The first-order valence-electron chi connectivity index (χ1n) is 2.14. The molecular formula is C2H4Na3O5P2+2. The normalized spacial score (nSPS) is 27.6. The first kappa shape index (κ1) is 20.5. The Bertz CT molecular complexity index is 149. The SMILES string of the molecule is CC1O[P+](=O)O[P+](=O)O1.[Na].[Na].[Na]. The van der Waals surface area contributed by atoms with Gasteiger partial charge in [-0.2, -0.15) is 0 Å². The molecule has 2 atom stereocenters. The predicted molar refractivity (Wildman–Crippen MR) is 45.2 cm³/mol. The van der Waals surface area contributed by atoms with Crippen molar-refractivity contribution in [1.29, 1.82) is 0 Å². The Hall–Kier alpha value is 3.08. The van der Waals surface area contributed by atoms with E-state index in [-0.39, 0.29) is 88.7 Å². The van der Waals surface area contributed by atoms with Crippen molar-refractivity contribution in [2.45, 2.75) is 13.2 Å². The van der Waals surface area contributed by atoms with E-state index in [2.05, 4.69) is 13.4 Å². The monoisotopic (exact) mass is 239 g/mol. The maximum atomic E-state index is 10.3. The summed E-state index contributed by atoms with van der Waals surface area (Å²) in [6, 6.07) is 0. The van der Waals surface area contributed by atoms with E-state index in [4.69, 9.17) is 0 Å². The van der Waals surface area contributed by atoms with E-state index in [0.717, 1.165) is 0 Å². The Morgan fingerprint density at radius 2 is 1.33 bits per heavy atom. The van der Waals surface area contributed by atoms with Crippen LogP contribution in [0.3, 0.4) is 0 Å². The maximum absolute atomic E-state index is 10.3. The van der Waals surface area contributed by atoms with Gasteiger partial charge in [-0.15, -0.1) is 0 Å². The number of rotatable bonds is 0. The molecule has 1 saturated heterocycles. The summed E-state index contributed by atoms with van der Waals surface area (Å²) in [4.78, 5) is 0. The van der Waals surface area contributed by atoms with Gasteiger partial charge in [0, 0.05) is 97.8 Å². The quantitative estimate of drug-likeness (QED) is 0.456. The van der Waals surface area contributed by atoms with Crippen LogP contribution in [0.4, 0.5) is 0 Å². The summed E-state index contributed by atoms with van der Waals surface area (Å²) in [6.45, 7) is 1.49. The molecular weight excluding hydrogens is 235 g/mol. The summed E-state index contributed by atoms with van der Waals surface area (Å²) in [5.41, 5.74) is 0. The summed E-state index contributed by atoms with van der Waals surface area (Å²) in [6.07, 6.45) is -0.703. The molecule has 0 spiro atoms. The standard InChI is InChI=1S/C2H4O5P2.3Na/c1-2-5-8(3)7-9(4)6-2;;;/h2H,1H3;;;/q+2;;;. The fourth-order valence-corrected chi connectivity index (χ4v) is 1.74. The second-order valence-electron chi connectivity index (χ2n) is 1.31. The van der Waals surface area contributed by atoms with Crippen molar-refractivity contribution in [3.8, 4) is 0 Å². The maximum Gasteiger partial charge on any atom is 0.750 e. The zero-order chi connectivity index (χ0) is 6.85. The van der Waals surface area contributed by atoms with E-state index in [0.29, 0.717) is 0 Å². The van der Waals surface area contributed by atoms with Crippen LogP contribution in [-0.4, -0.2) is 95.0 Å². The minimum absolute atomic E-state index is 0. The van der Waals surface area contributed by atoms with E-state index < -0.39 is 22.8 Å². The molecule has 0 aromatic rings. The largest absolute Gasteiger partial charge is 0.750 e. The Morgan fingerprint density at radius 3 is 1.58 bits per heavy atom. The van der Waals surface area contributed by atoms with Gasteiger partial charge in [0.1, 0.15) is 0 Å². The van der Waals surface area contributed by atoms with Crippen LogP contribution in [-0.2, 0) is 22.5 Å². The molecule has 0 aliphatic carbocycles. The average molecular weight is 239 g/mol. The molecule has 3 radical (unpaired) electrons. The van der Waals surface area contributed by atoms with Gasteiger partial charge < -0.3 is 0 Å². The Labute approximate surface area is 138 Å². The van der Waals surface area contributed by atoms with E-state index in [9.17, 15) is 9.13 Å². The van der Waals surface area contributed by atoms with E-state index in [1.165, 1.54) is 6.92 Å². The Morgan fingerprint density at radius 1 is 1.00 bits per heavy atom. The van der Waals surface area contributed by atoms with Crippen LogP contribution in [0, 0.1) is 0 Å². The van der Waals surface area contributed by atoms with Crippen molar-refractivity contribution >= 4 is 105 Å². The number of hydrogen-bond acceptors (Lipinski definition) is 5. The first-order chi connectivity index (χ1) is 4.18. The van der Waals surface area contributed by atoms with Crippen LogP contribution in [0.2, 0.25) is 0 Å². The molecule has 53 valence electrons. The van der Waals surface area contributed by atoms with Crippen LogP contribution in [0.25, 0.3) is 0 Å². The molecule has 1 aliphatic heterocycles. The molecule has 2 unspecified atom stereocenters. The minimum Gasteiger partial charge on any atom is -0.0792 e. The third-order valence-corrected chi connectivity index (χ3v) is 2.61. The van der Waals surface area contributed by atoms with Gasteiger partial charge in [0.2, 0.25) is 0 Å². The van der Waals surface area contributed by atoms with E-state index in [1.54, 1.807) is 0 Å². The predicted octanol–water partition coefficient (Wildman–Crippen LogP) is 0.568. The van der Waals surface area contributed by atoms with Crippen molar-refractivity contribution in [3.05, 3.63) is 0 Å². The molecule has 10 heteroatoms. The van der Waals surface area contributed by atoms with E-state index >= 15 is 0 Å². The molecule has 0 aromatic carbocycles. The van der Waals surface area contributed by atoms with Gasteiger partial charge in [-0.1, -0.05) is 9.05 Å². The molecule has 12 heavy (non-hydrogen) atoms. The minimum atomic E-state index is -2.23. The second-order valence-corrected chi connectivity index (χ2v) is 3.28. The molecule has 1 rings (SSSR count). The zero-order valence-corrected chi connectivity index (χ0v) is 15.3. The van der Waals surface area contributed by atoms with Gasteiger partial charge in [-0.05, 0) is 6.92 Å². The third-order valence-electron chi connectivity index (χ3n) is 0.602. The number of hydrogen-bond donors (Lipinski definition) is 0. The Kier molecular flexibility index (Phi) is 18.1. The molecule has 0 bridgehead atoms. The fraction of sp³-hybridized carbons (Fsp3) is 1.00. The summed E-state index contributed by atoms with van der Waals surface area (Å²) in [7, 11) is -4.46. The molecule has 5 nitrogen and oxygen atoms in total. The van der Waals surface area contributed by atoms with Crippen molar-refractivity contribution in [2.24, 2.45) is 0 Å². The molecule has 0 N–H and O–H groups in total. The molecule has 0 saturated carbocycles. The summed E-state index contributed by atoms with van der Waals surface area (Å²) >= 11 is 0. The van der Waals surface area contributed by atoms with Crippen LogP contribution in [0.15, 0.2) is 0 Å². The van der Waals surface area contributed by atoms with Crippen LogP contribution in [0.1, 0.15) is 6.92 Å².